The highest BCUT2D eigenvalue weighted by Gasteiger charge is 2.12. The van der Waals surface area contributed by atoms with E-state index in [0.29, 0.717) is 6.61 Å². The van der Waals surface area contributed by atoms with Crippen LogP contribution in [0.2, 0.25) is 0 Å². The number of ether oxygens (including phenoxy) is 1. The summed E-state index contributed by atoms with van der Waals surface area (Å²) in [6, 6.07) is 10.7. The lowest BCUT2D eigenvalue weighted by atomic mass is 10.1. The number of benzene rings is 1. The summed E-state index contributed by atoms with van der Waals surface area (Å²) >= 11 is 0. The fourth-order valence-electron chi connectivity index (χ4n) is 2.10. The van der Waals surface area contributed by atoms with Crippen LogP contribution in [0.5, 0.6) is 0 Å². The van der Waals surface area contributed by atoms with Gasteiger partial charge in [-0.25, -0.2) is 4.98 Å². The van der Waals surface area contributed by atoms with Crippen molar-refractivity contribution in [3.8, 4) is 0 Å². The summed E-state index contributed by atoms with van der Waals surface area (Å²) in [6.07, 6.45) is 2.08. The summed E-state index contributed by atoms with van der Waals surface area (Å²) in [5, 5.41) is 3.31. The highest BCUT2D eigenvalue weighted by molar-refractivity contribution is 5.32. The van der Waals surface area contributed by atoms with E-state index in [4.69, 9.17) is 4.74 Å². The molecule has 0 saturated heterocycles. The smallest absolute Gasteiger partial charge is 0.203 e. The maximum atomic E-state index is 5.06. The molecule has 0 radical (unpaired) electrons. The fraction of sp³-hybridized carbons (Fsp3) is 0.400. The molecule has 4 nitrogen and oxygen atoms in total. The summed E-state index contributed by atoms with van der Waals surface area (Å²) < 4.78 is 7.22. The molecule has 0 bridgehead atoms. The number of hydrogen-bond donors (Lipinski definition) is 1. The molecular weight excluding hydrogens is 238 g/mol. The summed E-state index contributed by atoms with van der Waals surface area (Å²) in [4.78, 5) is 4.53. The van der Waals surface area contributed by atoms with Gasteiger partial charge in [0.2, 0.25) is 5.95 Å². The Bertz CT molecular complexity index is 507. The van der Waals surface area contributed by atoms with E-state index in [1.54, 1.807) is 7.11 Å². The second-order valence-corrected chi connectivity index (χ2v) is 4.62. The Morgan fingerprint density at radius 2 is 2.05 bits per heavy atom. The molecule has 2 aromatic rings. The van der Waals surface area contributed by atoms with Crippen molar-refractivity contribution in [2.24, 2.45) is 0 Å². The molecular formula is C15H21N3O. The monoisotopic (exact) mass is 259 g/mol. The zero-order valence-corrected chi connectivity index (χ0v) is 11.8. The molecule has 102 valence electrons. The number of aromatic nitrogens is 2. The van der Waals surface area contributed by atoms with Gasteiger partial charge in [-0.1, -0.05) is 30.3 Å². The molecule has 1 heterocycles. The molecule has 0 amide bonds. The maximum Gasteiger partial charge on any atom is 0.203 e. The van der Waals surface area contributed by atoms with Crippen molar-refractivity contribution in [1.82, 2.24) is 9.55 Å². The number of aryl methyl sites for hydroxylation is 1. The molecule has 1 N–H and O–H groups in total. The second kappa shape index (κ2) is 6.38. The molecule has 1 atom stereocenters. The highest BCUT2D eigenvalue weighted by atomic mass is 16.5. The number of methoxy groups -OCH3 is 1. The first-order chi connectivity index (χ1) is 9.22. The Balaban J connectivity index is 2.19. The minimum Gasteiger partial charge on any atom is -0.383 e. The average molecular weight is 259 g/mol. The molecule has 2 rings (SSSR count). The molecule has 4 heteroatoms. The van der Waals surface area contributed by atoms with Gasteiger partial charge in [0.15, 0.2) is 0 Å². The van der Waals surface area contributed by atoms with Gasteiger partial charge in [0.05, 0.1) is 18.3 Å². The van der Waals surface area contributed by atoms with Crippen LogP contribution < -0.4 is 5.32 Å². The van der Waals surface area contributed by atoms with Crippen LogP contribution in [0.1, 0.15) is 24.2 Å². The zero-order chi connectivity index (χ0) is 13.7. The van der Waals surface area contributed by atoms with E-state index in [1.807, 2.05) is 13.0 Å². The van der Waals surface area contributed by atoms with Crippen molar-refractivity contribution in [1.29, 1.82) is 0 Å². The Hall–Kier alpha value is -1.81. The zero-order valence-electron chi connectivity index (χ0n) is 11.8. The lowest BCUT2D eigenvalue weighted by Crippen LogP contribution is -2.15. The maximum absolute atomic E-state index is 5.06. The molecule has 1 unspecified atom stereocenters. The van der Waals surface area contributed by atoms with E-state index in [1.165, 1.54) is 5.56 Å². The largest absolute Gasteiger partial charge is 0.383 e. The summed E-state index contributed by atoms with van der Waals surface area (Å²) in [7, 11) is 1.70. The first-order valence-electron chi connectivity index (χ1n) is 6.55. The summed E-state index contributed by atoms with van der Waals surface area (Å²) in [6.45, 7) is 5.62. The number of nitrogens with zero attached hydrogens (tertiary/aromatic N) is 2. The Labute approximate surface area is 114 Å². The van der Waals surface area contributed by atoms with Crippen molar-refractivity contribution in [3.05, 3.63) is 47.8 Å². The van der Waals surface area contributed by atoms with E-state index < -0.39 is 0 Å². The summed E-state index contributed by atoms with van der Waals surface area (Å²) in [5.41, 5.74) is 2.29. The average Bonchev–Trinajstić information content (AvgIpc) is 2.80. The van der Waals surface area contributed by atoms with Crippen LogP contribution in [0.4, 0.5) is 5.95 Å². The first-order valence-corrected chi connectivity index (χ1v) is 6.55. The van der Waals surface area contributed by atoms with Crippen molar-refractivity contribution in [2.75, 3.05) is 25.6 Å². The third-order valence-corrected chi connectivity index (χ3v) is 3.14. The molecule has 1 aromatic heterocycles. The predicted molar refractivity (Wildman–Crippen MR) is 77.6 cm³/mol. The standard InChI is InChI=1S/C15H21N3O/c1-12-11-18(15(17-12)16-9-10-19-3)13(2)14-7-5-4-6-8-14/h4-8,11,13H,9-10H2,1-3H3,(H,16,17). The SMILES string of the molecule is COCCNc1nc(C)cn1C(C)c1ccccc1. The van der Waals surface area contributed by atoms with Gasteiger partial charge >= 0.3 is 0 Å². The van der Waals surface area contributed by atoms with E-state index >= 15 is 0 Å². The van der Waals surface area contributed by atoms with E-state index in [-0.39, 0.29) is 6.04 Å². The van der Waals surface area contributed by atoms with E-state index in [2.05, 4.69) is 52.3 Å². The van der Waals surface area contributed by atoms with Gasteiger partial charge in [-0.15, -0.1) is 0 Å². The third kappa shape index (κ3) is 3.35. The summed E-state index contributed by atoms with van der Waals surface area (Å²) in [5.74, 6) is 0.894. The van der Waals surface area contributed by atoms with Crippen LogP contribution in [-0.4, -0.2) is 29.8 Å². The minimum absolute atomic E-state index is 0.257. The van der Waals surface area contributed by atoms with Crippen LogP contribution in [0.3, 0.4) is 0 Å². The van der Waals surface area contributed by atoms with Crippen molar-refractivity contribution in [3.63, 3.8) is 0 Å². The van der Waals surface area contributed by atoms with E-state index in [9.17, 15) is 0 Å². The highest BCUT2D eigenvalue weighted by Crippen LogP contribution is 2.22. The lowest BCUT2D eigenvalue weighted by Gasteiger charge is -2.17. The van der Waals surface area contributed by atoms with Gasteiger partial charge < -0.3 is 14.6 Å². The number of nitrogens with one attached hydrogen (secondary N) is 1. The van der Waals surface area contributed by atoms with Gasteiger partial charge in [-0.3, -0.25) is 0 Å². The predicted octanol–water partition coefficient (Wildman–Crippen LogP) is 2.86. The number of hydrogen-bond acceptors (Lipinski definition) is 3. The number of imidazole rings is 1. The molecule has 0 aliphatic heterocycles. The van der Waals surface area contributed by atoms with Gasteiger partial charge in [0, 0.05) is 19.9 Å². The lowest BCUT2D eigenvalue weighted by molar-refractivity contribution is 0.210. The Morgan fingerprint density at radius 1 is 1.32 bits per heavy atom. The van der Waals surface area contributed by atoms with Crippen LogP contribution in [0, 0.1) is 6.92 Å². The fourth-order valence-corrected chi connectivity index (χ4v) is 2.10. The topological polar surface area (TPSA) is 39.1 Å². The third-order valence-electron chi connectivity index (χ3n) is 3.14. The Morgan fingerprint density at radius 3 is 2.74 bits per heavy atom. The van der Waals surface area contributed by atoms with Crippen LogP contribution in [0.15, 0.2) is 36.5 Å². The molecule has 19 heavy (non-hydrogen) atoms. The molecule has 0 aliphatic rings. The van der Waals surface area contributed by atoms with Crippen LogP contribution in [-0.2, 0) is 4.74 Å². The second-order valence-electron chi connectivity index (χ2n) is 4.62. The van der Waals surface area contributed by atoms with Crippen LogP contribution >= 0.6 is 0 Å². The number of rotatable bonds is 6. The van der Waals surface area contributed by atoms with Crippen molar-refractivity contribution < 1.29 is 4.74 Å². The normalized spacial score (nSPS) is 12.4. The van der Waals surface area contributed by atoms with Crippen molar-refractivity contribution in [2.45, 2.75) is 19.9 Å². The number of anilines is 1. The Kier molecular flexibility index (Phi) is 4.58. The molecule has 0 spiro atoms. The molecule has 0 fully saturated rings. The van der Waals surface area contributed by atoms with Gasteiger partial charge in [0.25, 0.3) is 0 Å². The molecule has 0 aliphatic carbocycles. The van der Waals surface area contributed by atoms with Gasteiger partial charge in [0.1, 0.15) is 0 Å². The quantitative estimate of drug-likeness (QED) is 0.811. The van der Waals surface area contributed by atoms with Gasteiger partial charge in [-0.2, -0.15) is 0 Å². The van der Waals surface area contributed by atoms with Crippen molar-refractivity contribution >= 4 is 5.95 Å². The van der Waals surface area contributed by atoms with E-state index in [0.717, 1.165) is 18.2 Å². The molecule has 1 aromatic carbocycles. The minimum atomic E-state index is 0.257. The first kappa shape index (κ1) is 13.6. The van der Waals surface area contributed by atoms with Crippen LogP contribution in [0.25, 0.3) is 0 Å². The molecule has 0 saturated carbocycles. The van der Waals surface area contributed by atoms with Gasteiger partial charge in [-0.05, 0) is 19.4 Å².